The lowest BCUT2D eigenvalue weighted by molar-refractivity contribution is 0.133. The quantitative estimate of drug-likeness (QED) is 0.843. The third kappa shape index (κ3) is 4.15. The first-order valence-electron chi connectivity index (χ1n) is 6.41. The highest BCUT2D eigenvalue weighted by atomic mass is 16.5. The highest BCUT2D eigenvalue weighted by Crippen LogP contribution is 2.04. The Morgan fingerprint density at radius 1 is 1.41 bits per heavy atom. The molecule has 0 bridgehead atoms. The molecule has 1 aliphatic heterocycles. The number of rotatable bonds is 5. The van der Waals surface area contributed by atoms with Gasteiger partial charge in [0.15, 0.2) is 0 Å². The molecular formula is C13H22N2O2. The number of hydrogen-bond acceptors (Lipinski definition) is 4. The highest BCUT2D eigenvalue weighted by molar-refractivity contribution is 4.97. The number of nitrogens with one attached hydrogen (secondary N) is 1. The molecule has 1 aromatic rings. The normalized spacial score (nSPS) is 20.1. The van der Waals surface area contributed by atoms with E-state index in [1.165, 1.54) is 0 Å². The number of ether oxygens (including phenoxy) is 1. The van der Waals surface area contributed by atoms with E-state index in [2.05, 4.69) is 17.1 Å². The van der Waals surface area contributed by atoms with E-state index in [4.69, 9.17) is 9.15 Å². The van der Waals surface area contributed by atoms with Crippen LogP contribution in [0.1, 0.15) is 19.1 Å². The molecule has 1 atom stereocenters. The zero-order valence-electron chi connectivity index (χ0n) is 10.5. The summed E-state index contributed by atoms with van der Waals surface area (Å²) in [6.07, 6.45) is 2.86. The van der Waals surface area contributed by atoms with Gasteiger partial charge in [-0.3, -0.25) is 4.90 Å². The Kier molecular flexibility index (Phi) is 5.04. The van der Waals surface area contributed by atoms with Gasteiger partial charge in [0.05, 0.1) is 19.4 Å². The summed E-state index contributed by atoms with van der Waals surface area (Å²) in [4.78, 5) is 2.49. The van der Waals surface area contributed by atoms with E-state index in [0.717, 1.165) is 51.6 Å². The zero-order valence-corrected chi connectivity index (χ0v) is 10.5. The van der Waals surface area contributed by atoms with Crippen LogP contribution in [0.25, 0.3) is 0 Å². The predicted octanol–water partition coefficient (Wildman–Crippen LogP) is 1.48. The molecule has 0 aromatic carbocycles. The minimum Gasteiger partial charge on any atom is -0.468 e. The van der Waals surface area contributed by atoms with Gasteiger partial charge < -0.3 is 14.5 Å². The van der Waals surface area contributed by atoms with Crippen LogP contribution in [0.3, 0.4) is 0 Å². The summed E-state index contributed by atoms with van der Waals surface area (Å²) in [5.41, 5.74) is 0. The Balaban J connectivity index is 1.67. The molecule has 1 saturated heterocycles. The van der Waals surface area contributed by atoms with Crippen LogP contribution >= 0.6 is 0 Å². The summed E-state index contributed by atoms with van der Waals surface area (Å²) in [6, 6.07) is 4.47. The molecule has 2 heterocycles. The van der Waals surface area contributed by atoms with Gasteiger partial charge in [-0.1, -0.05) is 0 Å². The molecular weight excluding hydrogens is 216 g/mol. The summed E-state index contributed by atoms with van der Waals surface area (Å²) in [7, 11) is 0. The second-order valence-corrected chi connectivity index (χ2v) is 4.56. The first-order valence-corrected chi connectivity index (χ1v) is 6.41. The molecule has 17 heavy (non-hydrogen) atoms. The molecule has 1 fully saturated rings. The van der Waals surface area contributed by atoms with Gasteiger partial charge in [0, 0.05) is 32.3 Å². The van der Waals surface area contributed by atoms with E-state index < -0.39 is 0 Å². The van der Waals surface area contributed by atoms with Gasteiger partial charge in [0.2, 0.25) is 0 Å². The topological polar surface area (TPSA) is 37.6 Å². The van der Waals surface area contributed by atoms with E-state index in [1.807, 2.05) is 12.1 Å². The minimum atomic E-state index is 0.548. The van der Waals surface area contributed by atoms with Crippen LogP contribution in [0, 0.1) is 0 Å². The van der Waals surface area contributed by atoms with Crippen LogP contribution in [0.5, 0.6) is 0 Å². The van der Waals surface area contributed by atoms with Crippen molar-refractivity contribution >= 4 is 0 Å². The van der Waals surface area contributed by atoms with Crippen LogP contribution in [-0.2, 0) is 11.3 Å². The Bertz CT molecular complexity index is 292. The van der Waals surface area contributed by atoms with Crippen molar-refractivity contribution < 1.29 is 9.15 Å². The summed E-state index contributed by atoms with van der Waals surface area (Å²) >= 11 is 0. The number of furan rings is 1. The van der Waals surface area contributed by atoms with Gasteiger partial charge in [0.1, 0.15) is 5.76 Å². The molecule has 0 amide bonds. The van der Waals surface area contributed by atoms with Crippen molar-refractivity contribution in [1.82, 2.24) is 10.2 Å². The first-order chi connectivity index (χ1) is 8.36. The maximum atomic E-state index is 5.46. The molecule has 4 heteroatoms. The first kappa shape index (κ1) is 12.6. The van der Waals surface area contributed by atoms with Gasteiger partial charge in [-0.25, -0.2) is 0 Å². The van der Waals surface area contributed by atoms with Gasteiger partial charge in [-0.2, -0.15) is 0 Å². The average Bonchev–Trinajstić information content (AvgIpc) is 2.69. The molecule has 96 valence electrons. The monoisotopic (exact) mass is 238 g/mol. The Morgan fingerprint density at radius 2 is 2.35 bits per heavy atom. The molecule has 0 saturated carbocycles. The SMILES string of the molecule is CC(CNCc1ccco1)N1CCCOCC1. The maximum Gasteiger partial charge on any atom is 0.117 e. The fourth-order valence-corrected chi connectivity index (χ4v) is 2.15. The van der Waals surface area contributed by atoms with E-state index in [0.29, 0.717) is 6.04 Å². The molecule has 0 radical (unpaired) electrons. The number of nitrogens with zero attached hydrogens (tertiary/aromatic N) is 1. The van der Waals surface area contributed by atoms with Crippen molar-refractivity contribution in [3.8, 4) is 0 Å². The molecule has 2 rings (SSSR count). The smallest absolute Gasteiger partial charge is 0.117 e. The van der Waals surface area contributed by atoms with Crippen LogP contribution < -0.4 is 5.32 Å². The van der Waals surface area contributed by atoms with Crippen molar-refractivity contribution in [2.75, 3.05) is 32.8 Å². The largest absolute Gasteiger partial charge is 0.468 e. The third-order valence-electron chi connectivity index (χ3n) is 3.20. The molecule has 1 N–H and O–H groups in total. The van der Waals surface area contributed by atoms with Gasteiger partial charge in [-0.05, 0) is 25.5 Å². The minimum absolute atomic E-state index is 0.548. The summed E-state index contributed by atoms with van der Waals surface area (Å²) in [5, 5.41) is 3.43. The van der Waals surface area contributed by atoms with Crippen molar-refractivity contribution in [3.63, 3.8) is 0 Å². The molecule has 4 nitrogen and oxygen atoms in total. The van der Waals surface area contributed by atoms with Crippen LogP contribution in [0.2, 0.25) is 0 Å². The third-order valence-corrected chi connectivity index (χ3v) is 3.20. The average molecular weight is 238 g/mol. The Hall–Kier alpha value is -0.840. The van der Waals surface area contributed by atoms with Crippen LogP contribution in [-0.4, -0.2) is 43.8 Å². The van der Waals surface area contributed by atoms with Crippen LogP contribution in [0.4, 0.5) is 0 Å². The number of hydrogen-bond donors (Lipinski definition) is 1. The van der Waals surface area contributed by atoms with E-state index in [1.54, 1.807) is 6.26 Å². The summed E-state index contributed by atoms with van der Waals surface area (Å²) in [5.74, 6) is 0.997. The molecule has 0 aliphatic carbocycles. The zero-order chi connectivity index (χ0) is 11.9. The molecule has 1 unspecified atom stereocenters. The highest BCUT2D eigenvalue weighted by Gasteiger charge is 2.15. The summed E-state index contributed by atoms with van der Waals surface area (Å²) < 4.78 is 10.7. The molecule has 1 aliphatic rings. The van der Waals surface area contributed by atoms with Gasteiger partial charge in [-0.15, -0.1) is 0 Å². The lowest BCUT2D eigenvalue weighted by Crippen LogP contribution is -2.41. The van der Waals surface area contributed by atoms with Gasteiger partial charge >= 0.3 is 0 Å². The summed E-state index contributed by atoms with van der Waals surface area (Å²) in [6.45, 7) is 8.02. The Labute approximate surface area is 103 Å². The molecule has 0 spiro atoms. The second-order valence-electron chi connectivity index (χ2n) is 4.56. The van der Waals surface area contributed by atoms with E-state index in [-0.39, 0.29) is 0 Å². The molecule has 1 aromatic heterocycles. The van der Waals surface area contributed by atoms with Gasteiger partial charge in [0.25, 0.3) is 0 Å². The van der Waals surface area contributed by atoms with E-state index >= 15 is 0 Å². The van der Waals surface area contributed by atoms with Crippen molar-refractivity contribution in [3.05, 3.63) is 24.2 Å². The lowest BCUT2D eigenvalue weighted by atomic mass is 10.2. The Morgan fingerprint density at radius 3 is 3.18 bits per heavy atom. The fourth-order valence-electron chi connectivity index (χ4n) is 2.15. The second kappa shape index (κ2) is 6.79. The van der Waals surface area contributed by atoms with Crippen LogP contribution in [0.15, 0.2) is 22.8 Å². The maximum absolute atomic E-state index is 5.46. The predicted molar refractivity (Wildman–Crippen MR) is 66.9 cm³/mol. The van der Waals surface area contributed by atoms with Crippen molar-refractivity contribution in [1.29, 1.82) is 0 Å². The lowest BCUT2D eigenvalue weighted by Gasteiger charge is -2.27. The standard InChI is InChI=1S/C13H22N2O2/c1-12(15-5-3-7-16-9-6-15)10-14-11-13-4-2-8-17-13/h2,4,8,12,14H,3,5-7,9-11H2,1H3. The van der Waals surface area contributed by atoms with Crippen molar-refractivity contribution in [2.45, 2.75) is 25.9 Å². The van der Waals surface area contributed by atoms with Crippen molar-refractivity contribution in [2.24, 2.45) is 0 Å². The van der Waals surface area contributed by atoms with E-state index in [9.17, 15) is 0 Å². The fraction of sp³-hybridized carbons (Fsp3) is 0.692.